The molecule has 0 heterocycles. The van der Waals surface area contributed by atoms with Crippen LogP contribution in [0.25, 0.3) is 0 Å². The van der Waals surface area contributed by atoms with Gasteiger partial charge in [-0.25, -0.2) is 12.2 Å². The molecule has 194 valence electrons. The van der Waals surface area contributed by atoms with E-state index in [1.807, 2.05) is 24.3 Å². The van der Waals surface area contributed by atoms with Gasteiger partial charge >= 0.3 is 21.7 Å². The van der Waals surface area contributed by atoms with E-state index in [0.717, 1.165) is 12.8 Å². The number of allylic oxidation sites excluding steroid dienone is 6. The van der Waals surface area contributed by atoms with Crippen molar-refractivity contribution in [1.82, 2.24) is 0 Å². The molecule has 0 fully saturated rings. The average molecular weight is 555 g/mol. The van der Waals surface area contributed by atoms with E-state index < -0.39 is 16.1 Å². The molecule has 2 aromatic carbocycles. The van der Waals surface area contributed by atoms with Gasteiger partial charge in [-0.2, -0.15) is 12.5 Å². The smallest absolute Gasteiger partial charge is 0.872 e. The molecule has 0 radical (unpaired) electrons. The number of rotatable bonds is 4. The third-order valence-corrected chi connectivity index (χ3v) is 6.11. The molecule has 0 unspecified atom stereocenters. The van der Waals surface area contributed by atoms with Crippen LogP contribution in [-0.2, 0) is 21.7 Å². The maximum absolute atomic E-state index is 10.3. The normalized spacial score (nSPS) is 11.6. The molecule has 1 aliphatic carbocycles. The molecule has 0 saturated carbocycles. The molecule has 0 aromatic heterocycles. The van der Waals surface area contributed by atoms with Gasteiger partial charge in [-0.1, -0.05) is 137 Å². The van der Waals surface area contributed by atoms with Crippen molar-refractivity contribution in [3.63, 3.8) is 0 Å². The molecule has 36 heavy (non-hydrogen) atoms. The standard InChI is InChI=1S/C10H22Si2.2C6H6O.C5H5.C4H9.Ti/c1-11(2,3)9-7-8-10-12(4,5)6;2*7-6-4-2-1-3-5-6;1-2-4-5-3-1;1-3-4-2;/h7-10H,1-6H3;2*1-5,7H;1-3H,4H2;1,3-4H2,2H3;/q;;;2*-1;+4/p-2. The maximum Gasteiger partial charge on any atom is 4.00 e. The largest absolute Gasteiger partial charge is 4.00 e. The zero-order valence-corrected chi connectivity index (χ0v) is 27.0. The van der Waals surface area contributed by atoms with E-state index in [1.54, 1.807) is 24.3 Å². The second kappa shape index (κ2) is 24.8. The van der Waals surface area contributed by atoms with Crippen LogP contribution in [-0.4, -0.2) is 16.1 Å². The zero-order valence-electron chi connectivity index (χ0n) is 23.5. The Balaban J connectivity index is -0.000000395. The topological polar surface area (TPSA) is 46.1 Å². The van der Waals surface area contributed by atoms with Crippen LogP contribution >= 0.6 is 0 Å². The van der Waals surface area contributed by atoms with E-state index in [-0.39, 0.29) is 33.2 Å². The fourth-order valence-electron chi connectivity index (χ4n) is 1.87. The van der Waals surface area contributed by atoms with Gasteiger partial charge in [0.1, 0.15) is 0 Å². The van der Waals surface area contributed by atoms with Gasteiger partial charge in [0.2, 0.25) is 0 Å². The monoisotopic (exact) mass is 554 g/mol. The first kappa shape index (κ1) is 38.7. The van der Waals surface area contributed by atoms with E-state index >= 15 is 0 Å². The summed E-state index contributed by atoms with van der Waals surface area (Å²) in [6.45, 7) is 19.8. The molecule has 0 atom stereocenters. The van der Waals surface area contributed by atoms with E-state index in [9.17, 15) is 10.2 Å². The molecular formula is C31H46O2Si2Ti. The van der Waals surface area contributed by atoms with Gasteiger partial charge in [-0.05, 0) is 0 Å². The second-order valence-electron chi connectivity index (χ2n) is 9.93. The van der Waals surface area contributed by atoms with Gasteiger partial charge in [0, 0.05) is 0 Å². The quantitative estimate of drug-likeness (QED) is 0.217. The summed E-state index contributed by atoms with van der Waals surface area (Å²) >= 11 is 0. The Morgan fingerprint density at radius 1 is 0.778 bits per heavy atom. The SMILES string of the molecule is C[Si](C)(C)C=CC=C[Si](C)(C)C.[C-]1=CC=CC1.[CH2-]CCC.[O-]c1ccccc1.[O-]c1ccccc1.[Ti+4]. The van der Waals surface area contributed by atoms with Crippen molar-refractivity contribution < 1.29 is 31.9 Å². The molecule has 0 saturated heterocycles. The Hall–Kier alpha value is -1.85. The van der Waals surface area contributed by atoms with Gasteiger partial charge < -0.3 is 17.1 Å². The van der Waals surface area contributed by atoms with Gasteiger partial charge in [0.25, 0.3) is 0 Å². The van der Waals surface area contributed by atoms with Gasteiger partial charge in [-0.3, -0.25) is 6.08 Å². The molecule has 0 N–H and O–H groups in total. The summed E-state index contributed by atoms with van der Waals surface area (Å²) in [5, 5.41) is 20.5. The first-order valence-electron chi connectivity index (χ1n) is 12.2. The molecule has 5 heteroatoms. The van der Waals surface area contributed by atoms with Crippen molar-refractivity contribution in [3.8, 4) is 11.5 Å². The fourth-order valence-corrected chi connectivity index (χ4v) is 3.25. The van der Waals surface area contributed by atoms with Crippen molar-refractivity contribution in [3.05, 3.63) is 115 Å². The van der Waals surface area contributed by atoms with Crippen molar-refractivity contribution in [1.29, 1.82) is 0 Å². The van der Waals surface area contributed by atoms with Crippen LogP contribution in [0.1, 0.15) is 26.2 Å². The number of hydrogen-bond acceptors (Lipinski definition) is 2. The van der Waals surface area contributed by atoms with Gasteiger partial charge in [-0.15, -0.1) is 17.9 Å². The minimum absolute atomic E-state index is 0. The summed E-state index contributed by atoms with van der Waals surface area (Å²) in [5.41, 5.74) is 4.76. The summed E-state index contributed by atoms with van der Waals surface area (Å²) < 4.78 is 0. The Labute approximate surface area is 239 Å². The molecule has 1 aliphatic rings. The third kappa shape index (κ3) is 36.7. The number of unbranched alkanes of at least 4 members (excludes halogenated alkanes) is 1. The molecule has 0 bridgehead atoms. The van der Waals surface area contributed by atoms with E-state index in [0.29, 0.717) is 0 Å². The van der Waals surface area contributed by atoms with Crippen LogP contribution in [0.5, 0.6) is 11.5 Å². The van der Waals surface area contributed by atoms with Crippen molar-refractivity contribution in [2.24, 2.45) is 0 Å². The first-order chi connectivity index (χ1) is 16.4. The molecule has 2 nitrogen and oxygen atoms in total. The van der Waals surface area contributed by atoms with Crippen LogP contribution in [0.3, 0.4) is 0 Å². The van der Waals surface area contributed by atoms with E-state index in [2.05, 4.69) is 88.8 Å². The van der Waals surface area contributed by atoms with Crippen molar-refractivity contribution >= 4 is 16.1 Å². The summed E-state index contributed by atoms with van der Waals surface area (Å²) in [7, 11) is -1.94. The third-order valence-electron chi connectivity index (χ3n) is 3.73. The molecular weight excluding hydrogens is 508 g/mol. The molecule has 0 spiro atoms. The second-order valence-corrected chi connectivity index (χ2v) is 20.1. The summed E-state index contributed by atoms with van der Waals surface area (Å²) in [6, 6.07) is 16.7. The Morgan fingerprint density at radius 2 is 1.14 bits per heavy atom. The predicted octanol–water partition coefficient (Wildman–Crippen LogP) is 8.30. The Kier molecular flexibility index (Phi) is 26.7. The van der Waals surface area contributed by atoms with Crippen LogP contribution in [0, 0.1) is 13.0 Å². The Bertz CT molecular complexity index is 761. The first-order valence-corrected chi connectivity index (χ1v) is 19.4. The zero-order chi connectivity index (χ0) is 27.0. The molecule has 3 rings (SSSR count). The minimum Gasteiger partial charge on any atom is -0.872 e. The summed E-state index contributed by atoms with van der Waals surface area (Å²) in [4.78, 5) is 0. The fraction of sp³-hybridized carbons (Fsp3) is 0.323. The van der Waals surface area contributed by atoms with Crippen LogP contribution in [0.2, 0.25) is 39.3 Å². The minimum atomic E-state index is -0.970. The molecule has 2 aromatic rings. The number of para-hydroxylation sites is 2. The van der Waals surface area contributed by atoms with Crippen LogP contribution in [0.15, 0.2) is 102 Å². The maximum atomic E-state index is 10.3. The Morgan fingerprint density at radius 3 is 1.28 bits per heavy atom. The average Bonchev–Trinajstić information content (AvgIpc) is 3.38. The molecule has 0 aliphatic heterocycles. The molecule has 0 amide bonds. The van der Waals surface area contributed by atoms with Gasteiger partial charge in [0.05, 0.1) is 16.1 Å². The van der Waals surface area contributed by atoms with Crippen LogP contribution in [0.4, 0.5) is 0 Å². The van der Waals surface area contributed by atoms with Gasteiger partial charge in [0.15, 0.2) is 0 Å². The number of benzene rings is 2. The van der Waals surface area contributed by atoms with Crippen molar-refractivity contribution in [2.45, 2.75) is 65.5 Å². The summed E-state index contributed by atoms with van der Waals surface area (Å²) in [5.74, 6) is 0.144. The number of hydrogen-bond donors (Lipinski definition) is 0. The van der Waals surface area contributed by atoms with E-state index in [4.69, 9.17) is 0 Å². The van der Waals surface area contributed by atoms with Crippen molar-refractivity contribution in [2.75, 3.05) is 0 Å². The predicted molar refractivity (Wildman–Crippen MR) is 159 cm³/mol. The van der Waals surface area contributed by atoms with Crippen LogP contribution < -0.4 is 10.2 Å². The van der Waals surface area contributed by atoms with E-state index in [1.165, 1.54) is 30.7 Å². The summed E-state index contributed by atoms with van der Waals surface area (Å²) in [6.07, 6.45) is 16.7.